The Balaban J connectivity index is 3.29. The molecule has 2 N–H and O–H groups in total. The second-order valence-electron chi connectivity index (χ2n) is 4.43. The second kappa shape index (κ2) is 6.71. The summed E-state index contributed by atoms with van der Waals surface area (Å²) >= 11 is 0. The minimum Gasteiger partial charge on any atom is -0.465 e. The third kappa shape index (κ3) is 3.49. The predicted molar refractivity (Wildman–Crippen MR) is 76.9 cm³/mol. The van der Waals surface area contributed by atoms with Crippen molar-refractivity contribution in [1.82, 2.24) is 4.31 Å². The van der Waals surface area contributed by atoms with Crippen molar-refractivity contribution in [2.24, 2.45) is 0 Å². The monoisotopic (exact) mass is 300 g/mol. The zero-order valence-electron chi connectivity index (χ0n) is 11.9. The Kier molecular flexibility index (Phi) is 5.52. The van der Waals surface area contributed by atoms with Gasteiger partial charge in [-0.2, -0.15) is 0 Å². The number of ether oxygens (including phenoxy) is 1. The summed E-state index contributed by atoms with van der Waals surface area (Å²) in [6.07, 6.45) is 1.62. The van der Waals surface area contributed by atoms with Crippen molar-refractivity contribution in [2.75, 3.05) is 26.4 Å². The van der Waals surface area contributed by atoms with Gasteiger partial charge in [0.2, 0.25) is 10.0 Å². The first kappa shape index (κ1) is 16.5. The molecule has 0 fully saturated rings. The van der Waals surface area contributed by atoms with Crippen molar-refractivity contribution in [2.45, 2.75) is 24.7 Å². The molecule has 0 radical (unpaired) electrons. The molecule has 0 spiro atoms. The minimum atomic E-state index is -3.77. The highest BCUT2D eigenvalue weighted by Gasteiger charge is 2.27. The first-order valence-corrected chi connectivity index (χ1v) is 7.72. The lowest BCUT2D eigenvalue weighted by atomic mass is 10.2. The van der Waals surface area contributed by atoms with Crippen LogP contribution in [-0.2, 0) is 14.8 Å². The van der Waals surface area contributed by atoms with Crippen LogP contribution < -0.4 is 5.73 Å². The normalized spacial score (nSPS) is 11.6. The number of benzene rings is 1. The number of anilines is 1. The molecular weight excluding hydrogens is 280 g/mol. The molecule has 0 aromatic heterocycles. The zero-order chi connectivity index (χ0) is 15.3. The molecule has 1 rings (SSSR count). The number of carbonyl (C=O) groups excluding carboxylic acids is 1. The van der Waals surface area contributed by atoms with Crippen LogP contribution in [0, 0.1) is 0 Å². The predicted octanol–water partition coefficient (Wildman–Crippen LogP) is 1.48. The summed E-state index contributed by atoms with van der Waals surface area (Å²) in [6, 6.07) is 4.11. The lowest BCUT2D eigenvalue weighted by Gasteiger charge is -2.18. The number of methoxy groups -OCH3 is 1. The van der Waals surface area contributed by atoms with E-state index in [0.717, 1.165) is 12.8 Å². The average molecular weight is 300 g/mol. The fraction of sp³-hybridized carbons (Fsp3) is 0.462. The van der Waals surface area contributed by atoms with Crippen LogP contribution in [0.5, 0.6) is 0 Å². The third-order valence-electron chi connectivity index (χ3n) is 2.93. The molecule has 0 unspecified atom stereocenters. The molecule has 0 amide bonds. The van der Waals surface area contributed by atoms with Crippen LogP contribution in [0.15, 0.2) is 23.1 Å². The number of nitrogens with two attached hydrogens (primary N) is 1. The maximum absolute atomic E-state index is 12.5. The van der Waals surface area contributed by atoms with Gasteiger partial charge in [0.1, 0.15) is 0 Å². The van der Waals surface area contributed by atoms with Crippen LogP contribution in [0.2, 0.25) is 0 Å². The number of unbranched alkanes of at least 4 members (excludes halogenated alkanes) is 1. The van der Waals surface area contributed by atoms with Crippen LogP contribution in [-0.4, -0.2) is 39.4 Å². The lowest BCUT2D eigenvalue weighted by molar-refractivity contribution is 0.0596. The first-order valence-electron chi connectivity index (χ1n) is 6.28. The number of esters is 1. The molecule has 0 heterocycles. The Bertz CT molecular complexity index is 584. The van der Waals surface area contributed by atoms with Crippen molar-refractivity contribution < 1.29 is 17.9 Å². The topological polar surface area (TPSA) is 89.7 Å². The Hall–Kier alpha value is -1.60. The third-order valence-corrected chi connectivity index (χ3v) is 4.82. The van der Waals surface area contributed by atoms with Crippen molar-refractivity contribution in [3.63, 3.8) is 0 Å². The SMILES string of the molecule is CCCCN(C)S(=O)(=O)c1cc(N)ccc1C(=O)OC. The number of carbonyl (C=O) groups is 1. The highest BCUT2D eigenvalue weighted by Crippen LogP contribution is 2.23. The van der Waals surface area contributed by atoms with E-state index in [0.29, 0.717) is 6.54 Å². The first-order chi connectivity index (χ1) is 9.34. The van der Waals surface area contributed by atoms with Gasteiger partial charge in [-0.1, -0.05) is 13.3 Å². The summed E-state index contributed by atoms with van der Waals surface area (Å²) < 4.78 is 30.8. The summed E-state index contributed by atoms with van der Waals surface area (Å²) in [6.45, 7) is 2.36. The van der Waals surface area contributed by atoms with Crippen LogP contribution in [0.4, 0.5) is 5.69 Å². The van der Waals surface area contributed by atoms with Gasteiger partial charge in [0.15, 0.2) is 0 Å². The van der Waals surface area contributed by atoms with Gasteiger partial charge in [0, 0.05) is 19.3 Å². The summed E-state index contributed by atoms with van der Waals surface area (Å²) in [7, 11) is -1.08. The molecule has 6 nitrogen and oxygen atoms in total. The van der Waals surface area contributed by atoms with Crippen LogP contribution >= 0.6 is 0 Å². The van der Waals surface area contributed by atoms with E-state index >= 15 is 0 Å². The van der Waals surface area contributed by atoms with Gasteiger partial charge in [0.25, 0.3) is 0 Å². The molecule has 112 valence electrons. The van der Waals surface area contributed by atoms with Crippen LogP contribution in [0.25, 0.3) is 0 Å². The summed E-state index contributed by atoms with van der Waals surface area (Å²) in [5.74, 6) is -0.701. The lowest BCUT2D eigenvalue weighted by Crippen LogP contribution is -2.29. The molecule has 0 atom stereocenters. The van der Waals surface area contributed by atoms with Crippen molar-refractivity contribution >= 4 is 21.7 Å². The highest BCUT2D eigenvalue weighted by atomic mass is 32.2. The van der Waals surface area contributed by atoms with E-state index in [1.165, 1.54) is 36.7 Å². The van der Waals surface area contributed by atoms with E-state index in [2.05, 4.69) is 4.74 Å². The number of hydrogen-bond donors (Lipinski definition) is 1. The Morgan fingerprint density at radius 3 is 2.60 bits per heavy atom. The number of rotatable bonds is 6. The molecule has 1 aromatic carbocycles. The molecule has 1 aromatic rings. The van der Waals surface area contributed by atoms with Crippen molar-refractivity contribution in [1.29, 1.82) is 0 Å². The van der Waals surface area contributed by atoms with Gasteiger partial charge in [-0.15, -0.1) is 0 Å². The van der Waals surface area contributed by atoms with E-state index < -0.39 is 16.0 Å². The molecule has 0 saturated carbocycles. The van der Waals surface area contributed by atoms with E-state index in [9.17, 15) is 13.2 Å². The number of sulfonamides is 1. The summed E-state index contributed by atoms with van der Waals surface area (Å²) in [5, 5.41) is 0. The van der Waals surface area contributed by atoms with Crippen molar-refractivity contribution in [3.8, 4) is 0 Å². The van der Waals surface area contributed by atoms with E-state index in [1.54, 1.807) is 0 Å². The molecule has 0 saturated heterocycles. The zero-order valence-corrected chi connectivity index (χ0v) is 12.7. The van der Waals surface area contributed by atoms with Gasteiger partial charge < -0.3 is 10.5 Å². The molecule has 0 bridgehead atoms. The molecule has 0 aliphatic carbocycles. The summed E-state index contributed by atoms with van der Waals surface area (Å²) in [5.41, 5.74) is 5.90. The van der Waals surface area contributed by atoms with Crippen LogP contribution in [0.1, 0.15) is 30.1 Å². The van der Waals surface area contributed by atoms with E-state index in [1.807, 2.05) is 6.92 Å². The van der Waals surface area contributed by atoms with Gasteiger partial charge in [-0.3, -0.25) is 0 Å². The minimum absolute atomic E-state index is 0.00921. The Morgan fingerprint density at radius 2 is 2.05 bits per heavy atom. The second-order valence-corrected chi connectivity index (χ2v) is 6.44. The van der Waals surface area contributed by atoms with Crippen LogP contribution in [0.3, 0.4) is 0 Å². The highest BCUT2D eigenvalue weighted by molar-refractivity contribution is 7.89. The summed E-state index contributed by atoms with van der Waals surface area (Å²) in [4.78, 5) is 11.6. The quantitative estimate of drug-likeness (QED) is 0.635. The number of nitrogens with zero attached hydrogens (tertiary/aromatic N) is 1. The van der Waals surface area contributed by atoms with Gasteiger partial charge in [-0.25, -0.2) is 17.5 Å². The smallest absolute Gasteiger partial charge is 0.339 e. The Morgan fingerprint density at radius 1 is 1.40 bits per heavy atom. The number of nitrogen functional groups attached to an aromatic ring is 1. The maximum atomic E-state index is 12.5. The standard InChI is InChI=1S/C13H20N2O4S/c1-4-5-8-15(2)20(17,18)12-9-10(14)6-7-11(12)13(16)19-3/h6-7,9H,4-5,8,14H2,1-3H3. The van der Waals surface area contributed by atoms with Crippen molar-refractivity contribution in [3.05, 3.63) is 23.8 Å². The average Bonchev–Trinajstić information content (AvgIpc) is 2.43. The maximum Gasteiger partial charge on any atom is 0.339 e. The Labute approximate surface area is 119 Å². The molecule has 7 heteroatoms. The molecule has 20 heavy (non-hydrogen) atoms. The largest absolute Gasteiger partial charge is 0.465 e. The van der Waals surface area contributed by atoms with Gasteiger partial charge in [-0.05, 0) is 24.6 Å². The van der Waals surface area contributed by atoms with Gasteiger partial charge in [0.05, 0.1) is 17.6 Å². The fourth-order valence-corrected chi connectivity index (χ4v) is 3.12. The van der Waals surface area contributed by atoms with E-state index in [-0.39, 0.29) is 16.1 Å². The fourth-order valence-electron chi connectivity index (χ4n) is 1.70. The van der Waals surface area contributed by atoms with Gasteiger partial charge >= 0.3 is 5.97 Å². The molecule has 0 aliphatic heterocycles. The number of hydrogen-bond acceptors (Lipinski definition) is 5. The molecular formula is C13H20N2O4S. The van der Waals surface area contributed by atoms with E-state index in [4.69, 9.17) is 5.73 Å². The molecule has 0 aliphatic rings.